The van der Waals surface area contributed by atoms with Crippen molar-refractivity contribution in [3.8, 4) is 0 Å². The van der Waals surface area contributed by atoms with Gasteiger partial charge in [-0.2, -0.15) is 0 Å². The van der Waals surface area contributed by atoms with Crippen LogP contribution in [0.15, 0.2) is 170 Å². The fourth-order valence-electron chi connectivity index (χ4n) is 10.2. The van der Waals surface area contributed by atoms with E-state index in [0.717, 1.165) is 23.7 Å². The van der Waals surface area contributed by atoms with Gasteiger partial charge < -0.3 is 9.80 Å². The van der Waals surface area contributed by atoms with Crippen LogP contribution in [-0.4, -0.2) is 0 Å². The highest BCUT2D eigenvalue weighted by Gasteiger charge is 2.48. The molecule has 3 aliphatic carbocycles. The van der Waals surface area contributed by atoms with Crippen LogP contribution in [0.5, 0.6) is 0 Å². The second-order valence-electron chi connectivity index (χ2n) is 15.3. The van der Waals surface area contributed by atoms with E-state index in [4.69, 9.17) is 0 Å². The van der Waals surface area contributed by atoms with Crippen molar-refractivity contribution in [1.29, 1.82) is 0 Å². The molecule has 9 rings (SSSR count). The summed E-state index contributed by atoms with van der Waals surface area (Å²) in [4.78, 5) is 4.75. The third kappa shape index (κ3) is 6.49. The molecule has 2 heteroatoms. The van der Waals surface area contributed by atoms with Gasteiger partial charge in [-0.3, -0.25) is 0 Å². The Kier molecular flexibility index (Phi) is 8.92. The van der Waals surface area contributed by atoms with Gasteiger partial charge in [0.15, 0.2) is 0 Å². The number of hydrogen-bond acceptors (Lipinski definition) is 2. The van der Waals surface area contributed by atoms with E-state index in [1.165, 1.54) is 90.2 Å². The molecule has 0 radical (unpaired) electrons. The Bertz CT molecular complexity index is 1760. The first kappa shape index (κ1) is 31.9. The largest absolute Gasteiger partial charge is 0.311 e. The third-order valence-electron chi connectivity index (χ3n) is 12.6. The molecular formula is C49H48N2. The maximum atomic E-state index is 2.44. The molecule has 6 aromatic rings. The van der Waals surface area contributed by atoms with Gasteiger partial charge in [0.25, 0.3) is 0 Å². The first-order valence-electron chi connectivity index (χ1n) is 19.3. The summed E-state index contributed by atoms with van der Waals surface area (Å²) in [5.41, 5.74) is 10.3. The minimum atomic E-state index is 0.669. The lowest BCUT2D eigenvalue weighted by molar-refractivity contribution is 0.160. The van der Waals surface area contributed by atoms with Gasteiger partial charge >= 0.3 is 0 Å². The molecule has 0 amide bonds. The van der Waals surface area contributed by atoms with Gasteiger partial charge in [-0.25, -0.2) is 0 Å². The molecule has 0 spiro atoms. The summed E-state index contributed by atoms with van der Waals surface area (Å²) < 4.78 is 0. The summed E-state index contributed by atoms with van der Waals surface area (Å²) in [6.45, 7) is 0. The van der Waals surface area contributed by atoms with Crippen LogP contribution in [0, 0.1) is 23.7 Å². The van der Waals surface area contributed by atoms with Crippen LogP contribution in [0.4, 0.5) is 34.1 Å². The molecule has 3 saturated carbocycles. The molecule has 51 heavy (non-hydrogen) atoms. The molecule has 3 aliphatic rings. The van der Waals surface area contributed by atoms with Gasteiger partial charge in [-0.05, 0) is 164 Å². The lowest BCUT2D eigenvalue weighted by Gasteiger charge is -2.39. The van der Waals surface area contributed by atoms with Crippen molar-refractivity contribution >= 4 is 34.1 Å². The first-order chi connectivity index (χ1) is 25.3. The number of nitrogens with zero attached hydrogens (tertiary/aromatic N) is 2. The van der Waals surface area contributed by atoms with Crippen molar-refractivity contribution in [3.63, 3.8) is 0 Å². The summed E-state index contributed by atoms with van der Waals surface area (Å²) in [6, 6.07) is 62.2. The van der Waals surface area contributed by atoms with Crippen LogP contribution in [0.3, 0.4) is 0 Å². The number of para-hydroxylation sites is 4. The van der Waals surface area contributed by atoms with Crippen molar-refractivity contribution in [2.24, 2.45) is 23.7 Å². The van der Waals surface area contributed by atoms with Crippen molar-refractivity contribution in [2.45, 2.75) is 56.8 Å². The molecule has 0 heterocycles. The highest BCUT2D eigenvalue weighted by atomic mass is 15.1. The SMILES string of the molecule is c1ccc(N(c2ccccc2)c2ccc(C3CCC4CC5CCC(c6ccc(N(c7ccccc7)c7ccccc7)cc6)CC5C4C3)cc2)cc1. The van der Waals surface area contributed by atoms with Crippen molar-refractivity contribution in [1.82, 2.24) is 0 Å². The standard InChI is InChI=1S/C49H48N2/c1-5-13-42(14-6-1)50(43-15-7-2-8-16-43)46-29-25-36(26-30-46)38-21-23-40-33-41-24-22-39(35-49(41)48(40)34-38)37-27-31-47(32-28-37)51(44-17-9-3-10-18-44)45-19-11-4-12-20-45/h1-20,25-32,38-41,48-49H,21-24,33-35H2. The van der Waals surface area contributed by atoms with E-state index in [9.17, 15) is 0 Å². The fourth-order valence-corrected chi connectivity index (χ4v) is 10.2. The van der Waals surface area contributed by atoms with Crippen LogP contribution in [0.2, 0.25) is 0 Å². The Morgan fingerprint density at radius 1 is 0.294 bits per heavy atom. The zero-order valence-corrected chi connectivity index (χ0v) is 29.5. The molecule has 0 aromatic heterocycles. The molecule has 0 bridgehead atoms. The fraction of sp³-hybridized carbons (Fsp3) is 0.265. The van der Waals surface area contributed by atoms with Crippen LogP contribution in [-0.2, 0) is 0 Å². The summed E-state index contributed by atoms with van der Waals surface area (Å²) >= 11 is 0. The molecule has 0 saturated heterocycles. The molecule has 254 valence electrons. The van der Waals surface area contributed by atoms with Crippen molar-refractivity contribution in [3.05, 3.63) is 181 Å². The van der Waals surface area contributed by atoms with Gasteiger partial charge in [-0.15, -0.1) is 0 Å². The lowest BCUT2D eigenvalue weighted by atomic mass is 9.66. The number of benzene rings is 6. The first-order valence-corrected chi connectivity index (χ1v) is 19.3. The van der Waals surface area contributed by atoms with Crippen LogP contribution in [0.1, 0.15) is 67.9 Å². The van der Waals surface area contributed by atoms with Crippen molar-refractivity contribution in [2.75, 3.05) is 9.80 Å². The van der Waals surface area contributed by atoms with Crippen LogP contribution < -0.4 is 9.80 Å². The van der Waals surface area contributed by atoms with E-state index in [-0.39, 0.29) is 0 Å². The molecular weight excluding hydrogens is 617 g/mol. The van der Waals surface area contributed by atoms with E-state index in [2.05, 4.69) is 180 Å². The molecule has 3 fully saturated rings. The quantitative estimate of drug-likeness (QED) is 0.160. The van der Waals surface area contributed by atoms with E-state index < -0.39 is 0 Å². The highest BCUT2D eigenvalue weighted by Crippen LogP contribution is 2.59. The highest BCUT2D eigenvalue weighted by molar-refractivity contribution is 5.77. The van der Waals surface area contributed by atoms with E-state index in [1.54, 1.807) is 0 Å². The van der Waals surface area contributed by atoms with Gasteiger partial charge in [0.2, 0.25) is 0 Å². The van der Waals surface area contributed by atoms with E-state index in [1.807, 2.05) is 0 Å². The lowest BCUT2D eigenvalue weighted by Crippen LogP contribution is -2.28. The van der Waals surface area contributed by atoms with E-state index in [0.29, 0.717) is 11.8 Å². The maximum absolute atomic E-state index is 2.44. The summed E-state index contributed by atoms with van der Waals surface area (Å²) in [7, 11) is 0. The smallest absolute Gasteiger partial charge is 0.0461 e. The number of rotatable bonds is 8. The van der Waals surface area contributed by atoms with Gasteiger partial charge in [0.1, 0.15) is 0 Å². The second kappa shape index (κ2) is 14.3. The Morgan fingerprint density at radius 2 is 0.588 bits per heavy atom. The molecule has 2 nitrogen and oxygen atoms in total. The molecule has 0 aliphatic heterocycles. The second-order valence-corrected chi connectivity index (χ2v) is 15.3. The summed E-state index contributed by atoms with van der Waals surface area (Å²) in [5, 5.41) is 0. The van der Waals surface area contributed by atoms with Gasteiger partial charge in [-0.1, -0.05) is 97.1 Å². The number of anilines is 6. The van der Waals surface area contributed by atoms with Gasteiger partial charge in [0, 0.05) is 34.1 Å². The maximum Gasteiger partial charge on any atom is 0.0461 e. The molecule has 0 N–H and O–H groups in total. The average Bonchev–Trinajstić information content (AvgIpc) is 3.58. The minimum Gasteiger partial charge on any atom is -0.311 e. The summed E-state index contributed by atoms with van der Waals surface area (Å²) in [6.07, 6.45) is 9.67. The van der Waals surface area contributed by atoms with Gasteiger partial charge in [0.05, 0.1) is 0 Å². The van der Waals surface area contributed by atoms with Crippen LogP contribution >= 0.6 is 0 Å². The zero-order chi connectivity index (χ0) is 34.0. The zero-order valence-electron chi connectivity index (χ0n) is 29.5. The summed E-state index contributed by atoms with van der Waals surface area (Å²) in [5.74, 6) is 4.92. The average molecular weight is 665 g/mol. The molecule has 6 atom stereocenters. The normalized spacial score (nSPS) is 23.9. The number of hydrogen-bond donors (Lipinski definition) is 0. The van der Waals surface area contributed by atoms with Crippen LogP contribution in [0.25, 0.3) is 0 Å². The predicted molar refractivity (Wildman–Crippen MR) is 214 cm³/mol. The molecule has 6 unspecified atom stereocenters. The number of fused-ring (bicyclic) bond motifs is 3. The Hall–Kier alpha value is -5.08. The third-order valence-corrected chi connectivity index (χ3v) is 12.6. The Balaban J connectivity index is 0.908. The Morgan fingerprint density at radius 3 is 0.902 bits per heavy atom. The minimum absolute atomic E-state index is 0.669. The predicted octanol–water partition coefficient (Wildman–Crippen LogP) is 13.7. The topological polar surface area (TPSA) is 6.48 Å². The Labute approximate surface area is 304 Å². The van der Waals surface area contributed by atoms with Crippen molar-refractivity contribution < 1.29 is 0 Å². The molecule has 6 aromatic carbocycles. The monoisotopic (exact) mass is 664 g/mol. The van der Waals surface area contributed by atoms with E-state index >= 15 is 0 Å².